The monoisotopic (exact) mass is 505 g/mol. The molecular formula is C32H35N5O. The van der Waals surface area contributed by atoms with Gasteiger partial charge in [-0.1, -0.05) is 25.1 Å². The summed E-state index contributed by atoms with van der Waals surface area (Å²) in [5.41, 5.74) is 6.72. The van der Waals surface area contributed by atoms with Crippen LogP contribution >= 0.6 is 0 Å². The Kier molecular flexibility index (Phi) is 8.19. The lowest BCUT2D eigenvalue weighted by Crippen LogP contribution is -2.34. The van der Waals surface area contributed by atoms with Gasteiger partial charge in [-0.25, -0.2) is 9.97 Å². The summed E-state index contributed by atoms with van der Waals surface area (Å²) in [5.74, 6) is 1.16. The molecule has 0 spiro atoms. The Labute approximate surface area is 225 Å². The highest BCUT2D eigenvalue weighted by atomic mass is 16.1. The molecule has 6 heteroatoms. The number of nitrogens with one attached hydrogen (secondary N) is 1. The summed E-state index contributed by atoms with van der Waals surface area (Å²) in [6.45, 7) is 7.80. The lowest BCUT2D eigenvalue weighted by Gasteiger charge is -2.32. The van der Waals surface area contributed by atoms with E-state index >= 15 is 0 Å². The molecule has 1 aliphatic rings. The normalized spacial score (nSPS) is 15.8. The second kappa shape index (κ2) is 12.1. The SMILES string of the molecule is CCCN1CCCC(c2ccc(NC(=O)c3ccc(C)c(Cc4nccc(-c5cccnc5)n4)c3)cc2)C1. The largest absolute Gasteiger partial charge is 0.322 e. The first-order chi connectivity index (χ1) is 18.6. The number of benzene rings is 2. The van der Waals surface area contributed by atoms with Crippen molar-refractivity contribution in [1.29, 1.82) is 0 Å². The Morgan fingerprint density at radius 1 is 1.08 bits per heavy atom. The molecule has 38 heavy (non-hydrogen) atoms. The first-order valence-corrected chi connectivity index (χ1v) is 13.5. The molecule has 0 bridgehead atoms. The van der Waals surface area contributed by atoms with E-state index < -0.39 is 0 Å². The number of rotatable bonds is 8. The van der Waals surface area contributed by atoms with Crippen LogP contribution in [0.15, 0.2) is 79.3 Å². The maximum Gasteiger partial charge on any atom is 0.255 e. The number of piperidine rings is 1. The van der Waals surface area contributed by atoms with Crippen LogP contribution in [0.3, 0.4) is 0 Å². The van der Waals surface area contributed by atoms with Crippen molar-refractivity contribution in [3.8, 4) is 11.3 Å². The number of aromatic nitrogens is 3. The van der Waals surface area contributed by atoms with E-state index in [4.69, 9.17) is 4.98 Å². The number of amides is 1. The van der Waals surface area contributed by atoms with Crippen molar-refractivity contribution < 1.29 is 4.79 Å². The molecule has 4 aromatic rings. The summed E-state index contributed by atoms with van der Waals surface area (Å²) in [5, 5.41) is 3.07. The fourth-order valence-corrected chi connectivity index (χ4v) is 5.22. The number of carbonyl (C=O) groups is 1. The van der Waals surface area contributed by atoms with Crippen LogP contribution in [0, 0.1) is 6.92 Å². The zero-order chi connectivity index (χ0) is 26.3. The zero-order valence-electron chi connectivity index (χ0n) is 22.2. The highest BCUT2D eigenvalue weighted by Gasteiger charge is 2.20. The second-order valence-corrected chi connectivity index (χ2v) is 10.1. The third-order valence-electron chi connectivity index (χ3n) is 7.31. The molecule has 1 amide bonds. The number of nitrogens with zero attached hydrogens (tertiary/aromatic N) is 4. The number of carbonyl (C=O) groups excluding carboxylic acids is 1. The van der Waals surface area contributed by atoms with Crippen LogP contribution in [-0.4, -0.2) is 45.4 Å². The predicted molar refractivity (Wildman–Crippen MR) is 152 cm³/mol. The molecule has 0 radical (unpaired) electrons. The minimum Gasteiger partial charge on any atom is -0.322 e. The Morgan fingerprint density at radius 3 is 2.74 bits per heavy atom. The lowest BCUT2D eigenvalue weighted by atomic mass is 9.90. The zero-order valence-corrected chi connectivity index (χ0v) is 22.2. The van der Waals surface area contributed by atoms with Crippen molar-refractivity contribution >= 4 is 11.6 Å². The standard InChI is InChI=1S/C32H35N5O/c1-3-17-37-18-5-7-27(22-37)24-10-12-29(13-11-24)35-32(38)25-9-8-23(2)28(19-25)20-31-34-16-14-30(36-31)26-6-4-15-33-21-26/h4,6,8-16,19,21,27H,3,5,7,17-18,20,22H2,1-2H3,(H,35,38). The summed E-state index contributed by atoms with van der Waals surface area (Å²) < 4.78 is 0. The number of likely N-dealkylation sites (tertiary alicyclic amines) is 1. The molecule has 1 N–H and O–H groups in total. The van der Waals surface area contributed by atoms with Gasteiger partial charge in [0.05, 0.1) is 5.69 Å². The maximum atomic E-state index is 13.1. The molecule has 6 nitrogen and oxygen atoms in total. The van der Waals surface area contributed by atoms with E-state index in [1.165, 1.54) is 37.9 Å². The Balaban J connectivity index is 1.25. The molecule has 1 saturated heterocycles. The van der Waals surface area contributed by atoms with Crippen molar-refractivity contribution in [2.75, 3.05) is 25.0 Å². The molecule has 5 rings (SSSR count). The van der Waals surface area contributed by atoms with Gasteiger partial charge in [0.25, 0.3) is 5.91 Å². The molecule has 3 heterocycles. The maximum absolute atomic E-state index is 13.1. The van der Waals surface area contributed by atoms with Gasteiger partial charge in [0.15, 0.2) is 0 Å². The second-order valence-electron chi connectivity index (χ2n) is 10.1. The Hall–Kier alpha value is -3.90. The molecule has 0 aliphatic carbocycles. The van der Waals surface area contributed by atoms with E-state index in [1.807, 2.05) is 55.5 Å². The molecule has 1 atom stereocenters. The number of hydrogen-bond acceptors (Lipinski definition) is 5. The third kappa shape index (κ3) is 6.32. The van der Waals surface area contributed by atoms with Crippen LogP contribution in [0.4, 0.5) is 5.69 Å². The smallest absolute Gasteiger partial charge is 0.255 e. The third-order valence-corrected chi connectivity index (χ3v) is 7.31. The molecular weight excluding hydrogens is 470 g/mol. The summed E-state index contributed by atoms with van der Waals surface area (Å²) in [6, 6.07) is 20.0. The lowest BCUT2D eigenvalue weighted by molar-refractivity contribution is 0.102. The van der Waals surface area contributed by atoms with Gasteiger partial charge >= 0.3 is 0 Å². The minimum atomic E-state index is -0.115. The van der Waals surface area contributed by atoms with Gasteiger partial charge in [0.2, 0.25) is 0 Å². The Bertz CT molecular complexity index is 1370. The summed E-state index contributed by atoms with van der Waals surface area (Å²) in [6.07, 6.45) is 9.54. The number of hydrogen-bond donors (Lipinski definition) is 1. The van der Waals surface area contributed by atoms with Gasteiger partial charge in [-0.15, -0.1) is 0 Å². The van der Waals surface area contributed by atoms with Crippen LogP contribution in [0.1, 0.15) is 65.0 Å². The van der Waals surface area contributed by atoms with Crippen molar-refractivity contribution in [1.82, 2.24) is 19.9 Å². The molecule has 1 unspecified atom stereocenters. The molecule has 1 aliphatic heterocycles. The highest BCUT2D eigenvalue weighted by molar-refractivity contribution is 6.04. The van der Waals surface area contributed by atoms with Gasteiger partial charge in [-0.3, -0.25) is 9.78 Å². The van der Waals surface area contributed by atoms with Crippen molar-refractivity contribution in [3.63, 3.8) is 0 Å². The van der Waals surface area contributed by atoms with Crippen molar-refractivity contribution in [3.05, 3.63) is 107 Å². The quantitative estimate of drug-likeness (QED) is 0.305. The molecule has 2 aromatic carbocycles. The fourth-order valence-electron chi connectivity index (χ4n) is 5.22. The topological polar surface area (TPSA) is 71.0 Å². The molecule has 194 valence electrons. The van der Waals surface area contributed by atoms with Crippen LogP contribution < -0.4 is 5.32 Å². The average molecular weight is 506 g/mol. The number of anilines is 1. The van der Waals surface area contributed by atoms with Gasteiger partial charge in [0.1, 0.15) is 5.82 Å². The van der Waals surface area contributed by atoms with Crippen LogP contribution in [-0.2, 0) is 6.42 Å². The van der Waals surface area contributed by atoms with E-state index in [9.17, 15) is 4.79 Å². The van der Waals surface area contributed by atoms with E-state index in [2.05, 4.69) is 39.2 Å². The van der Waals surface area contributed by atoms with Crippen LogP contribution in [0.2, 0.25) is 0 Å². The summed E-state index contributed by atoms with van der Waals surface area (Å²) >= 11 is 0. The Morgan fingerprint density at radius 2 is 1.95 bits per heavy atom. The van der Waals surface area contributed by atoms with Crippen LogP contribution in [0.25, 0.3) is 11.3 Å². The van der Waals surface area contributed by atoms with Crippen LogP contribution in [0.5, 0.6) is 0 Å². The molecule has 1 fully saturated rings. The van der Waals surface area contributed by atoms with Crippen molar-refractivity contribution in [2.24, 2.45) is 0 Å². The minimum absolute atomic E-state index is 0.115. The predicted octanol–water partition coefficient (Wildman–Crippen LogP) is 6.28. The van der Waals surface area contributed by atoms with E-state index in [0.29, 0.717) is 23.7 Å². The first-order valence-electron chi connectivity index (χ1n) is 13.5. The van der Waals surface area contributed by atoms with Gasteiger partial charge in [-0.05, 0) is 104 Å². The van der Waals surface area contributed by atoms with E-state index in [0.717, 1.165) is 34.6 Å². The highest BCUT2D eigenvalue weighted by Crippen LogP contribution is 2.28. The fraction of sp³-hybridized carbons (Fsp3) is 0.312. The van der Waals surface area contributed by atoms with Gasteiger partial charge < -0.3 is 10.2 Å². The summed E-state index contributed by atoms with van der Waals surface area (Å²) in [4.78, 5) is 29.1. The van der Waals surface area contributed by atoms with Gasteiger partial charge in [0, 0.05) is 48.4 Å². The van der Waals surface area contributed by atoms with E-state index in [-0.39, 0.29) is 5.91 Å². The average Bonchev–Trinajstić information content (AvgIpc) is 2.95. The molecule has 2 aromatic heterocycles. The number of pyridine rings is 1. The van der Waals surface area contributed by atoms with Crippen molar-refractivity contribution in [2.45, 2.75) is 45.4 Å². The summed E-state index contributed by atoms with van der Waals surface area (Å²) in [7, 11) is 0. The van der Waals surface area contributed by atoms with E-state index in [1.54, 1.807) is 18.6 Å². The first kappa shape index (κ1) is 25.7. The number of aryl methyl sites for hydroxylation is 1. The molecule has 0 saturated carbocycles. The van der Waals surface area contributed by atoms with Gasteiger partial charge in [-0.2, -0.15) is 0 Å².